The van der Waals surface area contributed by atoms with Crippen molar-refractivity contribution in [1.29, 1.82) is 0 Å². The fourth-order valence-corrected chi connectivity index (χ4v) is 1.61. The molecule has 1 aromatic rings. The molecule has 0 aliphatic heterocycles. The van der Waals surface area contributed by atoms with E-state index in [9.17, 15) is 0 Å². The normalized spacial score (nSPS) is 11.0. The summed E-state index contributed by atoms with van der Waals surface area (Å²) in [6, 6.07) is 7.97. The Morgan fingerprint density at radius 1 is 1.29 bits per heavy atom. The summed E-state index contributed by atoms with van der Waals surface area (Å²) >= 11 is 0. The summed E-state index contributed by atoms with van der Waals surface area (Å²) in [7, 11) is 0.116. The van der Waals surface area contributed by atoms with Gasteiger partial charge in [0.1, 0.15) is 5.75 Å². The van der Waals surface area contributed by atoms with Gasteiger partial charge in [-0.2, -0.15) is 0 Å². The van der Waals surface area contributed by atoms with Gasteiger partial charge >= 0.3 is 0 Å². The Morgan fingerprint density at radius 3 is 2.79 bits per heavy atom. The first-order valence-corrected chi connectivity index (χ1v) is 5.75. The van der Waals surface area contributed by atoms with E-state index >= 15 is 0 Å². The highest BCUT2D eigenvalue weighted by Crippen LogP contribution is 2.24. The molecule has 0 spiro atoms. The molecule has 0 heterocycles. The van der Waals surface area contributed by atoms with Crippen molar-refractivity contribution in [1.82, 2.24) is 0 Å². The average molecular weight is 212 g/mol. The van der Waals surface area contributed by atoms with Crippen LogP contribution in [0.15, 0.2) is 24.3 Å². The van der Waals surface area contributed by atoms with E-state index in [2.05, 4.69) is 6.92 Å². The molecule has 0 bridgehead atoms. The van der Waals surface area contributed by atoms with E-state index in [1.807, 2.05) is 31.2 Å². The second kappa shape index (κ2) is 6.80. The molecule has 0 saturated carbocycles. The average Bonchev–Trinajstić information content (AvgIpc) is 2.20. The van der Waals surface area contributed by atoms with Gasteiger partial charge in [0, 0.05) is 0 Å². The molecule has 0 N–H and O–H groups in total. The zero-order chi connectivity index (χ0) is 10.2. The third kappa shape index (κ3) is 4.08. The molecular formula is C11H17O2P. The van der Waals surface area contributed by atoms with Gasteiger partial charge in [0.2, 0.25) is 9.03 Å². The Balaban J connectivity index is 2.21. The van der Waals surface area contributed by atoms with E-state index < -0.39 is 0 Å². The molecule has 0 amide bonds. The number of aryl methyl sites for hydroxylation is 1. The summed E-state index contributed by atoms with van der Waals surface area (Å²) in [6.07, 6.45) is 2.26. The molecule has 1 unspecified atom stereocenters. The van der Waals surface area contributed by atoms with Crippen LogP contribution in [-0.4, -0.2) is 6.61 Å². The van der Waals surface area contributed by atoms with Crippen LogP contribution in [0.1, 0.15) is 25.3 Å². The molecule has 0 aliphatic rings. The zero-order valence-corrected chi connectivity index (χ0v) is 9.75. The van der Waals surface area contributed by atoms with Crippen molar-refractivity contribution in [3.8, 4) is 5.75 Å². The fourth-order valence-electron chi connectivity index (χ4n) is 1.00. The maximum absolute atomic E-state index is 5.49. The maximum atomic E-state index is 5.49. The quantitative estimate of drug-likeness (QED) is 0.528. The molecule has 78 valence electrons. The molecule has 0 fully saturated rings. The first kappa shape index (κ1) is 11.5. The molecule has 1 rings (SSSR count). The van der Waals surface area contributed by atoms with Gasteiger partial charge in [-0.05, 0) is 25.0 Å². The van der Waals surface area contributed by atoms with Crippen LogP contribution < -0.4 is 4.52 Å². The van der Waals surface area contributed by atoms with Crippen molar-refractivity contribution in [3.63, 3.8) is 0 Å². The van der Waals surface area contributed by atoms with E-state index in [1.165, 1.54) is 0 Å². The Morgan fingerprint density at radius 2 is 2.07 bits per heavy atom. The Hall–Kier alpha value is -0.590. The molecule has 14 heavy (non-hydrogen) atoms. The van der Waals surface area contributed by atoms with E-state index in [1.54, 1.807) is 0 Å². The first-order valence-electron chi connectivity index (χ1n) is 4.94. The van der Waals surface area contributed by atoms with Crippen LogP contribution in [0.3, 0.4) is 0 Å². The minimum Gasteiger partial charge on any atom is -0.449 e. The number of benzene rings is 1. The van der Waals surface area contributed by atoms with Crippen molar-refractivity contribution in [3.05, 3.63) is 29.8 Å². The van der Waals surface area contributed by atoms with Crippen LogP contribution in [0.25, 0.3) is 0 Å². The van der Waals surface area contributed by atoms with Crippen molar-refractivity contribution >= 4 is 9.03 Å². The van der Waals surface area contributed by atoms with Crippen molar-refractivity contribution in [2.75, 3.05) is 6.61 Å². The van der Waals surface area contributed by atoms with Gasteiger partial charge in [-0.25, -0.2) is 0 Å². The lowest BCUT2D eigenvalue weighted by atomic mass is 10.2. The van der Waals surface area contributed by atoms with Crippen LogP contribution in [-0.2, 0) is 4.52 Å². The minimum atomic E-state index is 0.116. The molecule has 1 aromatic carbocycles. The molecular weight excluding hydrogens is 195 g/mol. The third-order valence-corrected chi connectivity index (χ3v) is 2.53. The van der Waals surface area contributed by atoms with Gasteiger partial charge in [0.15, 0.2) is 0 Å². The summed E-state index contributed by atoms with van der Waals surface area (Å²) in [4.78, 5) is 0. The van der Waals surface area contributed by atoms with E-state index in [4.69, 9.17) is 9.05 Å². The van der Waals surface area contributed by atoms with Crippen molar-refractivity contribution in [2.24, 2.45) is 0 Å². The highest BCUT2D eigenvalue weighted by molar-refractivity contribution is 7.26. The first-order chi connectivity index (χ1) is 6.84. The summed E-state index contributed by atoms with van der Waals surface area (Å²) in [6.45, 7) is 4.97. The lowest BCUT2D eigenvalue weighted by molar-refractivity contribution is 0.321. The SMILES string of the molecule is CCCCOPOc1ccccc1C. The minimum absolute atomic E-state index is 0.116. The maximum Gasteiger partial charge on any atom is 0.215 e. The molecule has 0 aliphatic carbocycles. The third-order valence-electron chi connectivity index (χ3n) is 1.90. The lowest BCUT2D eigenvalue weighted by Crippen LogP contribution is -1.88. The monoisotopic (exact) mass is 212 g/mol. The number of hydrogen-bond donors (Lipinski definition) is 0. The zero-order valence-electron chi connectivity index (χ0n) is 8.75. The van der Waals surface area contributed by atoms with Crippen molar-refractivity contribution in [2.45, 2.75) is 26.7 Å². The number of rotatable bonds is 6. The summed E-state index contributed by atoms with van der Waals surface area (Å²) in [5.41, 5.74) is 1.15. The van der Waals surface area contributed by atoms with Gasteiger partial charge < -0.3 is 9.05 Å². The summed E-state index contributed by atoms with van der Waals surface area (Å²) in [5, 5.41) is 0. The van der Waals surface area contributed by atoms with Crippen LogP contribution in [0.2, 0.25) is 0 Å². The largest absolute Gasteiger partial charge is 0.449 e. The molecule has 0 saturated heterocycles. The lowest BCUT2D eigenvalue weighted by Gasteiger charge is -2.07. The smallest absolute Gasteiger partial charge is 0.215 e. The predicted octanol–water partition coefficient (Wildman–Crippen LogP) is 3.70. The molecule has 2 nitrogen and oxygen atoms in total. The van der Waals surface area contributed by atoms with Crippen molar-refractivity contribution < 1.29 is 9.05 Å². The van der Waals surface area contributed by atoms with Crippen LogP contribution in [0, 0.1) is 6.92 Å². The van der Waals surface area contributed by atoms with E-state index in [0.29, 0.717) is 0 Å². The topological polar surface area (TPSA) is 18.5 Å². The van der Waals surface area contributed by atoms with E-state index in [-0.39, 0.29) is 9.03 Å². The molecule has 0 aromatic heterocycles. The second-order valence-corrected chi connectivity index (χ2v) is 3.81. The number of hydrogen-bond acceptors (Lipinski definition) is 2. The van der Waals surface area contributed by atoms with Gasteiger partial charge in [0.25, 0.3) is 0 Å². The Kier molecular flexibility index (Phi) is 5.58. The number of para-hydroxylation sites is 1. The standard InChI is InChI=1S/C11H17O2P/c1-3-4-9-12-14-13-11-8-6-5-7-10(11)2/h5-8,14H,3-4,9H2,1-2H3. The van der Waals surface area contributed by atoms with Gasteiger partial charge in [0.05, 0.1) is 6.61 Å². The summed E-state index contributed by atoms with van der Waals surface area (Å²) < 4.78 is 10.8. The molecule has 0 radical (unpaired) electrons. The van der Waals surface area contributed by atoms with Gasteiger partial charge in [-0.15, -0.1) is 0 Å². The van der Waals surface area contributed by atoms with Gasteiger partial charge in [-0.3, -0.25) is 0 Å². The highest BCUT2D eigenvalue weighted by atomic mass is 31.1. The summed E-state index contributed by atoms with van der Waals surface area (Å²) in [5.74, 6) is 0.919. The van der Waals surface area contributed by atoms with Crippen LogP contribution in [0.5, 0.6) is 5.75 Å². The Bertz CT molecular complexity index is 263. The molecule has 1 atom stereocenters. The van der Waals surface area contributed by atoms with E-state index in [0.717, 1.165) is 30.8 Å². The highest BCUT2D eigenvalue weighted by Gasteiger charge is 1.96. The van der Waals surface area contributed by atoms with Crippen LogP contribution in [0.4, 0.5) is 0 Å². The van der Waals surface area contributed by atoms with Crippen LogP contribution >= 0.6 is 9.03 Å². The predicted molar refractivity (Wildman–Crippen MR) is 61.0 cm³/mol. The number of unbranched alkanes of at least 4 members (excludes halogenated alkanes) is 1. The second-order valence-electron chi connectivity index (χ2n) is 3.15. The van der Waals surface area contributed by atoms with Gasteiger partial charge in [-0.1, -0.05) is 31.5 Å². The molecule has 3 heteroatoms. The Labute approximate surface area is 87.6 Å². The fraction of sp³-hybridized carbons (Fsp3) is 0.455.